The number of carbonyl (C=O) groups excluding carboxylic acids is 2. The van der Waals surface area contributed by atoms with Crippen molar-refractivity contribution < 1.29 is 19.1 Å². The van der Waals surface area contributed by atoms with Gasteiger partial charge in [-0.25, -0.2) is 0 Å². The Morgan fingerprint density at radius 3 is 2.62 bits per heavy atom. The molecule has 6 heteroatoms. The molecule has 0 N–H and O–H groups in total. The number of rotatable bonds is 5. The first-order chi connectivity index (χ1) is 19.0. The number of ether oxygens (including phenoxy) is 2. The predicted octanol–water partition coefficient (Wildman–Crippen LogP) is 6.30. The summed E-state index contributed by atoms with van der Waals surface area (Å²) in [4.78, 5) is 28.2. The van der Waals surface area contributed by atoms with Crippen molar-refractivity contribution in [3.63, 3.8) is 0 Å². The van der Waals surface area contributed by atoms with E-state index in [2.05, 4.69) is 42.7 Å². The zero-order valence-electron chi connectivity index (χ0n) is 23.1. The molecule has 1 aromatic heterocycles. The van der Waals surface area contributed by atoms with Gasteiger partial charge in [0, 0.05) is 47.6 Å². The molecule has 39 heavy (non-hydrogen) atoms. The molecule has 204 valence electrons. The van der Waals surface area contributed by atoms with Crippen LogP contribution in [0.2, 0.25) is 0 Å². The minimum atomic E-state index is -0.485. The molecule has 2 aliphatic heterocycles. The Bertz CT molecular complexity index is 1440. The maximum Gasteiger partial charge on any atom is 0.231 e. The Kier molecular flexibility index (Phi) is 6.07. The van der Waals surface area contributed by atoms with Gasteiger partial charge in [-0.15, -0.1) is 0 Å². The van der Waals surface area contributed by atoms with Gasteiger partial charge in [-0.05, 0) is 74.4 Å². The number of amides is 1. The molecule has 3 fully saturated rings. The van der Waals surface area contributed by atoms with Crippen molar-refractivity contribution in [2.24, 2.45) is 5.41 Å². The summed E-state index contributed by atoms with van der Waals surface area (Å²) in [5.41, 5.74) is 6.43. The average molecular weight is 527 g/mol. The van der Waals surface area contributed by atoms with E-state index in [1.165, 1.54) is 59.9 Å². The van der Waals surface area contributed by atoms with Crippen LogP contribution in [0.15, 0.2) is 36.4 Å². The molecule has 6 nitrogen and oxygen atoms in total. The monoisotopic (exact) mass is 526 g/mol. The van der Waals surface area contributed by atoms with Crippen LogP contribution in [0.1, 0.15) is 85.7 Å². The molecule has 1 saturated heterocycles. The maximum atomic E-state index is 14.3. The van der Waals surface area contributed by atoms with Crippen LogP contribution in [-0.4, -0.2) is 54.1 Å². The molecular weight excluding hydrogens is 488 g/mol. The highest BCUT2D eigenvalue weighted by molar-refractivity contribution is 5.98. The van der Waals surface area contributed by atoms with Crippen LogP contribution in [0.4, 0.5) is 0 Å². The predicted molar refractivity (Wildman–Crippen MR) is 152 cm³/mol. The topological polar surface area (TPSA) is 60.8 Å². The van der Waals surface area contributed by atoms with Gasteiger partial charge in [0.05, 0.1) is 30.4 Å². The third-order valence-electron chi connectivity index (χ3n) is 9.54. The van der Waals surface area contributed by atoms with Crippen molar-refractivity contribution >= 4 is 23.1 Å². The van der Waals surface area contributed by atoms with Crippen LogP contribution >= 0.6 is 0 Å². The largest absolute Gasteiger partial charge is 0.491 e. The molecule has 2 atom stereocenters. The third-order valence-corrected chi connectivity index (χ3v) is 9.54. The van der Waals surface area contributed by atoms with E-state index < -0.39 is 5.41 Å². The Balaban J connectivity index is 1.47. The number of fused-ring (bicyclic) bond motifs is 7. The second-order valence-electron chi connectivity index (χ2n) is 12.3. The lowest BCUT2D eigenvalue weighted by molar-refractivity contribution is -0.141. The van der Waals surface area contributed by atoms with E-state index in [0.717, 1.165) is 24.0 Å². The number of aromatic nitrogens is 1. The summed E-state index contributed by atoms with van der Waals surface area (Å²) in [6.07, 6.45) is 8.03. The fourth-order valence-corrected chi connectivity index (χ4v) is 7.67. The highest BCUT2D eigenvalue weighted by atomic mass is 16.5. The first-order valence-corrected chi connectivity index (χ1v) is 14.8. The van der Waals surface area contributed by atoms with E-state index >= 15 is 0 Å². The molecule has 2 aromatic carbocycles. The molecule has 2 aliphatic carbocycles. The molecule has 0 spiro atoms. The minimum absolute atomic E-state index is 0.0822. The van der Waals surface area contributed by atoms with E-state index in [4.69, 9.17) is 9.47 Å². The summed E-state index contributed by atoms with van der Waals surface area (Å²) in [5.74, 6) is 1.76. The van der Waals surface area contributed by atoms with Crippen molar-refractivity contribution in [1.29, 1.82) is 0 Å². The van der Waals surface area contributed by atoms with Gasteiger partial charge in [0.2, 0.25) is 5.91 Å². The number of carbonyl (C=O) groups is 2. The van der Waals surface area contributed by atoms with E-state index in [-0.39, 0.29) is 17.9 Å². The lowest BCUT2D eigenvalue weighted by atomic mass is 9.81. The molecule has 3 heterocycles. The van der Waals surface area contributed by atoms with E-state index in [0.29, 0.717) is 44.3 Å². The molecule has 7 rings (SSSR count). The molecule has 0 bridgehead atoms. The van der Waals surface area contributed by atoms with Crippen molar-refractivity contribution in [2.75, 3.05) is 26.3 Å². The lowest BCUT2D eigenvalue weighted by Gasteiger charge is -2.31. The summed E-state index contributed by atoms with van der Waals surface area (Å²) in [7, 11) is 0. The molecule has 2 unspecified atom stereocenters. The number of aldehydes is 1. The minimum Gasteiger partial charge on any atom is -0.491 e. The SMILES string of the molecule is CC(C)Oc1ccc2c(c1)C1CC1(C(=O)N1CCOCC1)Cn1c-2c(C2CCCCC2)c2ccc(C=O)cc21. The number of morpholine rings is 1. The van der Waals surface area contributed by atoms with Crippen molar-refractivity contribution in [1.82, 2.24) is 9.47 Å². The highest BCUT2D eigenvalue weighted by Gasteiger charge is 2.63. The molecule has 2 saturated carbocycles. The average Bonchev–Trinajstić information content (AvgIpc) is 3.63. The van der Waals surface area contributed by atoms with Crippen LogP contribution < -0.4 is 4.74 Å². The third kappa shape index (κ3) is 4.02. The number of nitrogens with zero attached hydrogens (tertiary/aromatic N) is 2. The molecule has 0 radical (unpaired) electrons. The van der Waals surface area contributed by atoms with E-state index in [9.17, 15) is 9.59 Å². The maximum absolute atomic E-state index is 14.3. The van der Waals surface area contributed by atoms with Gasteiger partial charge in [-0.3, -0.25) is 9.59 Å². The van der Waals surface area contributed by atoms with Gasteiger partial charge in [0.1, 0.15) is 12.0 Å². The van der Waals surface area contributed by atoms with Crippen LogP contribution in [0.3, 0.4) is 0 Å². The van der Waals surface area contributed by atoms with Crippen molar-refractivity contribution in [3.8, 4) is 17.0 Å². The smallest absolute Gasteiger partial charge is 0.231 e. The lowest BCUT2D eigenvalue weighted by Crippen LogP contribution is -2.45. The fourth-order valence-electron chi connectivity index (χ4n) is 7.67. The summed E-state index contributed by atoms with van der Waals surface area (Å²) in [5, 5.41) is 1.24. The van der Waals surface area contributed by atoms with Gasteiger partial charge in [0.25, 0.3) is 0 Å². The van der Waals surface area contributed by atoms with E-state index in [1.54, 1.807) is 0 Å². The molecule has 3 aromatic rings. The highest BCUT2D eigenvalue weighted by Crippen LogP contribution is 2.66. The van der Waals surface area contributed by atoms with Gasteiger partial charge in [0.15, 0.2) is 0 Å². The number of hydrogen-bond acceptors (Lipinski definition) is 4. The van der Waals surface area contributed by atoms with Gasteiger partial charge in [-0.2, -0.15) is 0 Å². The second kappa shape index (κ2) is 9.51. The Hall–Kier alpha value is -3.12. The normalized spacial score (nSPS) is 24.6. The standard InChI is InChI=1S/C33H38N2O4/c1-21(2)39-24-9-11-25-27(17-24)28-18-33(28,32(37)34-12-14-38-15-13-34)20-35-29-16-22(19-36)8-10-26(29)30(31(25)35)23-6-4-3-5-7-23/h8-11,16-17,19,21,23,28H,3-7,12-15,18,20H2,1-2H3. The zero-order valence-corrected chi connectivity index (χ0v) is 23.1. The van der Waals surface area contributed by atoms with Crippen LogP contribution in [-0.2, 0) is 16.1 Å². The van der Waals surface area contributed by atoms with Gasteiger partial charge < -0.3 is 18.9 Å². The van der Waals surface area contributed by atoms with E-state index in [1.807, 2.05) is 17.0 Å². The van der Waals surface area contributed by atoms with Crippen molar-refractivity contribution in [3.05, 3.63) is 53.1 Å². The summed E-state index contributed by atoms with van der Waals surface area (Å²) >= 11 is 0. The second-order valence-corrected chi connectivity index (χ2v) is 12.3. The van der Waals surface area contributed by atoms with Crippen molar-refractivity contribution in [2.45, 2.75) is 76.9 Å². The summed E-state index contributed by atoms with van der Waals surface area (Å²) in [6.45, 7) is 7.25. The Morgan fingerprint density at radius 2 is 1.87 bits per heavy atom. The number of hydrogen-bond donors (Lipinski definition) is 0. The summed E-state index contributed by atoms with van der Waals surface area (Å²) < 4.78 is 14.2. The molecule has 1 amide bonds. The first kappa shape index (κ1) is 24.9. The quantitative estimate of drug-likeness (QED) is 0.366. The van der Waals surface area contributed by atoms with Crippen LogP contribution in [0.5, 0.6) is 5.75 Å². The van der Waals surface area contributed by atoms with Gasteiger partial charge in [-0.1, -0.05) is 31.4 Å². The van der Waals surface area contributed by atoms with Crippen LogP contribution in [0, 0.1) is 5.41 Å². The number of benzene rings is 2. The Morgan fingerprint density at radius 1 is 1.08 bits per heavy atom. The summed E-state index contributed by atoms with van der Waals surface area (Å²) in [6, 6.07) is 12.7. The molecular formula is C33H38N2O4. The fraction of sp³-hybridized carbons (Fsp3) is 0.515. The zero-order chi connectivity index (χ0) is 26.7. The molecule has 4 aliphatic rings. The first-order valence-electron chi connectivity index (χ1n) is 14.8. The Labute approximate surface area is 230 Å². The van der Waals surface area contributed by atoms with Gasteiger partial charge >= 0.3 is 0 Å². The van der Waals surface area contributed by atoms with Crippen LogP contribution in [0.25, 0.3) is 22.2 Å².